The lowest BCUT2D eigenvalue weighted by Gasteiger charge is -2.34. The number of hydrogen-bond donors (Lipinski definition) is 0. The highest BCUT2D eigenvalue weighted by atomic mass is 127. The van der Waals surface area contributed by atoms with E-state index in [1.807, 2.05) is 28.4 Å². The van der Waals surface area contributed by atoms with Crippen molar-refractivity contribution in [3.8, 4) is 11.4 Å². The van der Waals surface area contributed by atoms with Crippen molar-refractivity contribution in [3.63, 3.8) is 0 Å². The average molecular weight is 488 g/mol. The van der Waals surface area contributed by atoms with Crippen LogP contribution in [0, 0.1) is 0 Å². The minimum atomic E-state index is 0.251. The molecule has 0 N–H and O–H groups in total. The van der Waals surface area contributed by atoms with Crippen molar-refractivity contribution in [3.05, 3.63) is 35.7 Å². The first-order valence-electron chi connectivity index (χ1n) is 7.82. The van der Waals surface area contributed by atoms with Gasteiger partial charge in [0.2, 0.25) is 0 Å². The Kier molecular flexibility index (Phi) is 5.03. The Labute approximate surface area is 166 Å². The monoisotopic (exact) mass is 487 g/mol. The van der Waals surface area contributed by atoms with Crippen LogP contribution < -0.4 is 4.90 Å². The van der Waals surface area contributed by atoms with Crippen LogP contribution in [0.3, 0.4) is 0 Å². The Morgan fingerprint density at radius 2 is 2.24 bits per heavy atom. The molecule has 0 saturated carbocycles. The molecule has 1 aliphatic heterocycles. The highest BCUT2D eigenvalue weighted by molar-refractivity contribution is 14.2. The van der Waals surface area contributed by atoms with Crippen LogP contribution >= 0.6 is 41.9 Å². The van der Waals surface area contributed by atoms with E-state index in [9.17, 15) is 0 Å². The summed E-state index contributed by atoms with van der Waals surface area (Å²) in [5.41, 5.74) is 1.82. The second-order valence-corrected chi connectivity index (χ2v) is 7.90. The van der Waals surface area contributed by atoms with Gasteiger partial charge in [-0.1, -0.05) is 11.6 Å². The average Bonchev–Trinajstić information content (AvgIpc) is 3.04. The molecule has 1 saturated heterocycles. The summed E-state index contributed by atoms with van der Waals surface area (Å²) >= 11 is 8.55. The zero-order valence-electron chi connectivity index (χ0n) is 13.4. The predicted molar refractivity (Wildman–Crippen MR) is 110 cm³/mol. The second-order valence-electron chi connectivity index (χ2n) is 5.80. The fourth-order valence-electron chi connectivity index (χ4n) is 3.01. The summed E-state index contributed by atoms with van der Waals surface area (Å²) in [6, 6.07) is 6.03. The third-order valence-electron chi connectivity index (χ3n) is 4.21. The molecule has 130 valence electrons. The van der Waals surface area contributed by atoms with Gasteiger partial charge in [-0.05, 0) is 19.1 Å². The molecule has 4 rings (SSSR count). The number of rotatable bonds is 3. The molecule has 0 amide bonds. The molecular formula is C16H15ClIN5OS. The van der Waals surface area contributed by atoms with Crippen molar-refractivity contribution in [1.29, 1.82) is 0 Å². The van der Waals surface area contributed by atoms with Crippen LogP contribution in [0.2, 0.25) is 5.15 Å². The Hall–Kier alpha value is -1.10. The van der Waals surface area contributed by atoms with Crippen LogP contribution in [0.25, 0.3) is 22.4 Å². The van der Waals surface area contributed by atoms with E-state index in [0.717, 1.165) is 29.0 Å². The lowest BCUT2D eigenvalue weighted by Crippen LogP contribution is -2.44. The fraction of sp³-hybridized carbons (Fsp3) is 0.312. The van der Waals surface area contributed by atoms with E-state index >= 15 is 0 Å². The number of halogens is 2. The quantitative estimate of drug-likeness (QED) is 0.407. The van der Waals surface area contributed by atoms with Gasteiger partial charge in [-0.25, -0.2) is 15.0 Å². The molecule has 9 heteroatoms. The topological polar surface area (TPSA) is 56.1 Å². The second kappa shape index (κ2) is 7.26. The Morgan fingerprint density at radius 1 is 1.36 bits per heavy atom. The van der Waals surface area contributed by atoms with Gasteiger partial charge in [-0.15, -0.1) is 0 Å². The zero-order chi connectivity index (χ0) is 17.4. The molecule has 4 heterocycles. The highest BCUT2D eigenvalue weighted by Crippen LogP contribution is 2.31. The summed E-state index contributed by atoms with van der Waals surface area (Å²) in [4.78, 5) is 15.9. The number of nitrogens with zero attached hydrogens (tertiary/aromatic N) is 5. The van der Waals surface area contributed by atoms with Gasteiger partial charge in [0.25, 0.3) is 0 Å². The third kappa shape index (κ3) is 3.32. The number of fused-ring (bicyclic) bond motifs is 1. The molecule has 1 fully saturated rings. The summed E-state index contributed by atoms with van der Waals surface area (Å²) in [6.07, 6.45) is 3.77. The van der Waals surface area contributed by atoms with Crippen LogP contribution in [-0.2, 0) is 4.74 Å². The van der Waals surface area contributed by atoms with Gasteiger partial charge in [0.15, 0.2) is 11.5 Å². The summed E-state index contributed by atoms with van der Waals surface area (Å²) in [5, 5.41) is 1.45. The van der Waals surface area contributed by atoms with Crippen LogP contribution in [0.15, 0.2) is 30.6 Å². The minimum absolute atomic E-state index is 0.251. The summed E-state index contributed by atoms with van der Waals surface area (Å²) in [7, 11) is 1.57. The van der Waals surface area contributed by atoms with Crippen LogP contribution in [0.4, 0.5) is 5.82 Å². The van der Waals surface area contributed by atoms with E-state index in [1.165, 1.54) is 0 Å². The molecule has 0 unspecified atom stereocenters. The fourth-order valence-corrected chi connectivity index (χ4v) is 4.46. The maximum absolute atomic E-state index is 6.32. The molecule has 1 atom stereocenters. The summed E-state index contributed by atoms with van der Waals surface area (Å²) in [6.45, 7) is 4.29. The highest BCUT2D eigenvalue weighted by Gasteiger charge is 2.22. The molecule has 3 aromatic rings. The molecule has 25 heavy (non-hydrogen) atoms. The van der Waals surface area contributed by atoms with Crippen molar-refractivity contribution in [1.82, 2.24) is 18.9 Å². The van der Waals surface area contributed by atoms with Gasteiger partial charge >= 0.3 is 0 Å². The lowest BCUT2D eigenvalue weighted by molar-refractivity contribution is 0.0985. The van der Waals surface area contributed by atoms with Crippen LogP contribution in [-0.4, -0.2) is 44.7 Å². The lowest BCUT2D eigenvalue weighted by atomic mass is 10.1. The SMILES string of the molecule is C[C@@H]1COCCN1c1cc(Cl)nc(-c2ccnc3c2ccn3SI)n1. The molecule has 0 spiro atoms. The first-order chi connectivity index (χ1) is 12.2. The van der Waals surface area contributed by atoms with Crippen molar-refractivity contribution in [2.24, 2.45) is 0 Å². The Balaban J connectivity index is 1.82. The van der Waals surface area contributed by atoms with Gasteiger partial charge < -0.3 is 9.64 Å². The minimum Gasteiger partial charge on any atom is -0.377 e. The van der Waals surface area contributed by atoms with Crippen molar-refractivity contribution in [2.45, 2.75) is 13.0 Å². The first-order valence-corrected chi connectivity index (χ1v) is 11.5. The van der Waals surface area contributed by atoms with E-state index in [2.05, 4.69) is 43.0 Å². The van der Waals surface area contributed by atoms with E-state index < -0.39 is 0 Å². The Bertz CT molecular complexity index is 921. The molecule has 1 aliphatic rings. The first kappa shape index (κ1) is 17.3. The van der Waals surface area contributed by atoms with Gasteiger partial charge in [-0.2, -0.15) is 0 Å². The molecule has 6 nitrogen and oxygen atoms in total. The van der Waals surface area contributed by atoms with Crippen LogP contribution in [0.1, 0.15) is 6.92 Å². The van der Waals surface area contributed by atoms with Gasteiger partial charge in [0, 0.05) is 66.3 Å². The smallest absolute Gasteiger partial charge is 0.163 e. The number of morpholine rings is 1. The van der Waals surface area contributed by atoms with Gasteiger partial charge in [0.1, 0.15) is 11.0 Å². The van der Waals surface area contributed by atoms with Gasteiger partial charge in [0.05, 0.1) is 19.3 Å². The molecule has 0 bridgehead atoms. The normalized spacial score (nSPS) is 18.0. The zero-order valence-corrected chi connectivity index (χ0v) is 17.1. The molecule has 0 aromatic carbocycles. The number of pyridine rings is 1. The van der Waals surface area contributed by atoms with E-state index in [1.54, 1.807) is 15.3 Å². The van der Waals surface area contributed by atoms with E-state index in [-0.39, 0.29) is 6.04 Å². The largest absolute Gasteiger partial charge is 0.377 e. The number of aromatic nitrogens is 4. The Morgan fingerprint density at radius 3 is 3.04 bits per heavy atom. The molecular weight excluding hydrogens is 473 g/mol. The predicted octanol–water partition coefficient (Wildman–Crippen LogP) is 4.22. The van der Waals surface area contributed by atoms with Gasteiger partial charge in [-0.3, -0.25) is 3.97 Å². The third-order valence-corrected chi connectivity index (χ3v) is 6.12. The van der Waals surface area contributed by atoms with Crippen LogP contribution in [0.5, 0.6) is 0 Å². The number of anilines is 1. The number of ether oxygens (including phenoxy) is 1. The standard InChI is InChI=1S/C16H15ClIN5OS/c1-10-9-24-7-6-22(10)14-8-13(17)20-15(21-14)11-2-4-19-16-12(11)3-5-23(16)25-18/h2-5,8,10H,6-7,9H2,1H3/t10-/m1/s1. The van der Waals surface area contributed by atoms with Crippen molar-refractivity contribution in [2.75, 3.05) is 24.7 Å². The maximum atomic E-state index is 6.32. The maximum Gasteiger partial charge on any atom is 0.163 e. The van der Waals surface area contributed by atoms with Crippen molar-refractivity contribution < 1.29 is 4.74 Å². The van der Waals surface area contributed by atoms with Crippen molar-refractivity contribution >= 4 is 58.8 Å². The summed E-state index contributed by atoms with van der Waals surface area (Å²) < 4.78 is 7.53. The summed E-state index contributed by atoms with van der Waals surface area (Å²) in [5.74, 6) is 1.45. The number of hydrogen-bond acceptors (Lipinski definition) is 6. The molecule has 0 aliphatic carbocycles. The van der Waals surface area contributed by atoms with E-state index in [4.69, 9.17) is 21.3 Å². The van der Waals surface area contributed by atoms with E-state index in [0.29, 0.717) is 24.2 Å². The molecule has 3 aromatic heterocycles. The molecule has 0 radical (unpaired) electrons.